The van der Waals surface area contributed by atoms with Crippen molar-refractivity contribution in [3.05, 3.63) is 89.0 Å². The number of nitrogens with zero attached hydrogens (tertiary/aromatic N) is 5. The highest BCUT2D eigenvalue weighted by molar-refractivity contribution is 5.93. The second-order valence-corrected chi connectivity index (χ2v) is 11.0. The van der Waals surface area contributed by atoms with Crippen molar-refractivity contribution >= 4 is 22.8 Å². The molecule has 1 saturated carbocycles. The fraction of sp³-hybridized carbons (Fsp3) is 0.333. The van der Waals surface area contributed by atoms with Crippen LogP contribution in [0.3, 0.4) is 0 Å². The Balaban J connectivity index is 1.22. The van der Waals surface area contributed by atoms with Gasteiger partial charge in [-0.1, -0.05) is 30.3 Å². The summed E-state index contributed by atoms with van der Waals surface area (Å²) in [6.07, 6.45) is 5.65. The topological polar surface area (TPSA) is 86.3 Å². The summed E-state index contributed by atoms with van der Waals surface area (Å²) in [6, 6.07) is 19.3. The summed E-state index contributed by atoms with van der Waals surface area (Å²) in [7, 11) is 0. The highest BCUT2D eigenvalue weighted by Crippen LogP contribution is 2.40. The average Bonchev–Trinajstić information content (AvgIpc) is 3.56. The lowest BCUT2D eigenvalue weighted by molar-refractivity contribution is 0.0949. The van der Waals surface area contributed by atoms with Gasteiger partial charge < -0.3 is 10.2 Å². The maximum absolute atomic E-state index is 15.3. The lowest BCUT2D eigenvalue weighted by Gasteiger charge is -2.18. The number of fused-ring (bicyclic) bond motifs is 1. The fourth-order valence-electron chi connectivity index (χ4n) is 5.60. The van der Waals surface area contributed by atoms with Crippen LogP contribution in [0.5, 0.6) is 0 Å². The zero-order valence-electron chi connectivity index (χ0n) is 23.4. The molecule has 1 aliphatic heterocycles. The molecule has 2 aliphatic rings. The normalized spacial score (nSPS) is 17.2. The Hall–Kier alpha value is -4.51. The van der Waals surface area contributed by atoms with Gasteiger partial charge in [-0.2, -0.15) is 10.4 Å². The van der Waals surface area contributed by atoms with Crippen molar-refractivity contribution in [2.24, 2.45) is 5.92 Å². The van der Waals surface area contributed by atoms with Crippen LogP contribution in [0.4, 0.5) is 10.1 Å². The molecule has 0 bridgehead atoms. The van der Waals surface area contributed by atoms with E-state index in [0.29, 0.717) is 48.0 Å². The van der Waals surface area contributed by atoms with Crippen LogP contribution in [0.2, 0.25) is 0 Å². The summed E-state index contributed by atoms with van der Waals surface area (Å²) in [6.45, 7) is 5.97. The minimum absolute atomic E-state index is 0.0206. The SMILES string of the molecule is C/C=C(/C)c1ccccc1CCNC(=O)c1cc(C2CC2)n2nc(-c3ccc(N4CCC(C#N)C4)cc3F)cc2n1. The molecule has 0 radical (unpaired) electrons. The Morgan fingerprint density at radius 1 is 1.17 bits per heavy atom. The number of amides is 1. The van der Waals surface area contributed by atoms with Crippen molar-refractivity contribution in [3.8, 4) is 17.3 Å². The molecule has 208 valence electrons. The first-order chi connectivity index (χ1) is 19.9. The van der Waals surface area contributed by atoms with Gasteiger partial charge in [0, 0.05) is 48.6 Å². The van der Waals surface area contributed by atoms with E-state index < -0.39 is 0 Å². The molecule has 1 N–H and O–H groups in total. The van der Waals surface area contributed by atoms with Crippen molar-refractivity contribution in [3.63, 3.8) is 0 Å². The number of carbonyl (C=O) groups is 1. The number of halogens is 1. The molecule has 1 unspecified atom stereocenters. The predicted octanol–water partition coefficient (Wildman–Crippen LogP) is 6.16. The smallest absolute Gasteiger partial charge is 0.270 e. The lowest BCUT2D eigenvalue weighted by atomic mass is 9.98. The van der Waals surface area contributed by atoms with Crippen LogP contribution in [-0.4, -0.2) is 40.1 Å². The highest BCUT2D eigenvalue weighted by Gasteiger charge is 2.29. The third-order valence-corrected chi connectivity index (χ3v) is 8.20. The Morgan fingerprint density at radius 3 is 2.73 bits per heavy atom. The Bertz CT molecular complexity index is 1700. The van der Waals surface area contributed by atoms with Gasteiger partial charge in [-0.15, -0.1) is 0 Å². The average molecular weight is 549 g/mol. The molecular weight excluding hydrogens is 515 g/mol. The quantitative estimate of drug-likeness (QED) is 0.285. The molecule has 2 aromatic carbocycles. The number of benzene rings is 2. The number of hydrogen-bond donors (Lipinski definition) is 1. The maximum Gasteiger partial charge on any atom is 0.270 e. The van der Waals surface area contributed by atoms with E-state index in [1.165, 1.54) is 22.8 Å². The maximum atomic E-state index is 15.3. The predicted molar refractivity (Wildman–Crippen MR) is 158 cm³/mol. The molecule has 4 aromatic rings. The first-order valence-corrected chi connectivity index (χ1v) is 14.3. The van der Waals surface area contributed by atoms with E-state index in [1.807, 2.05) is 36.1 Å². The minimum Gasteiger partial charge on any atom is -0.370 e. The molecular formula is C33H33FN6O. The molecule has 7 nitrogen and oxygen atoms in total. The van der Waals surface area contributed by atoms with Crippen LogP contribution in [0.1, 0.15) is 66.3 Å². The number of nitriles is 1. The molecule has 2 aromatic heterocycles. The van der Waals surface area contributed by atoms with Gasteiger partial charge in [0.25, 0.3) is 5.91 Å². The molecule has 1 saturated heterocycles. The van der Waals surface area contributed by atoms with E-state index in [2.05, 4.69) is 41.5 Å². The Labute approximate surface area is 239 Å². The zero-order chi connectivity index (χ0) is 28.5. The van der Waals surface area contributed by atoms with Crippen molar-refractivity contribution < 1.29 is 9.18 Å². The van der Waals surface area contributed by atoms with E-state index in [0.717, 1.165) is 37.2 Å². The van der Waals surface area contributed by atoms with Gasteiger partial charge in [0.2, 0.25) is 0 Å². The standard InChI is InChI=1S/C33H33FN6O/c1-3-21(2)26-7-5-4-6-23(26)12-14-36-33(41)30-17-31(24-8-9-24)40-32(37-30)18-29(38-40)27-11-10-25(16-28(27)34)39-15-13-22(19-35)20-39/h3-7,10-11,16-18,22,24H,8-9,12-15,20H2,1-2H3,(H,36,41)/b21-3-. The Morgan fingerprint density at radius 2 is 2.00 bits per heavy atom. The first-order valence-electron chi connectivity index (χ1n) is 14.3. The minimum atomic E-state index is -0.370. The van der Waals surface area contributed by atoms with Gasteiger partial charge in [0.05, 0.1) is 17.7 Å². The second-order valence-electron chi connectivity index (χ2n) is 11.0. The molecule has 41 heavy (non-hydrogen) atoms. The number of nitrogens with one attached hydrogen (secondary N) is 1. The summed E-state index contributed by atoms with van der Waals surface area (Å²) in [5.74, 6) is -0.307. The summed E-state index contributed by atoms with van der Waals surface area (Å²) in [5.41, 5.74) is 7.03. The van der Waals surface area contributed by atoms with Crippen LogP contribution < -0.4 is 10.2 Å². The number of carbonyl (C=O) groups excluding carboxylic acids is 1. The van der Waals surface area contributed by atoms with E-state index in [4.69, 9.17) is 5.10 Å². The van der Waals surface area contributed by atoms with Gasteiger partial charge in [0.1, 0.15) is 11.5 Å². The van der Waals surface area contributed by atoms with Gasteiger partial charge in [-0.3, -0.25) is 4.79 Å². The van der Waals surface area contributed by atoms with Crippen molar-refractivity contribution in [1.29, 1.82) is 5.26 Å². The largest absolute Gasteiger partial charge is 0.370 e. The van der Waals surface area contributed by atoms with Gasteiger partial charge >= 0.3 is 0 Å². The van der Waals surface area contributed by atoms with Crippen molar-refractivity contribution in [2.45, 2.75) is 45.4 Å². The monoisotopic (exact) mass is 548 g/mol. The number of hydrogen-bond acceptors (Lipinski definition) is 5. The van der Waals surface area contributed by atoms with Gasteiger partial charge in [-0.05, 0) is 80.5 Å². The molecule has 8 heteroatoms. The summed E-state index contributed by atoms with van der Waals surface area (Å²) in [4.78, 5) is 19.9. The second kappa shape index (κ2) is 11.2. The Kier molecular flexibility index (Phi) is 7.27. The van der Waals surface area contributed by atoms with Gasteiger partial charge in [-0.25, -0.2) is 13.9 Å². The number of aromatic nitrogens is 3. The van der Waals surface area contributed by atoms with Crippen LogP contribution >= 0.6 is 0 Å². The molecule has 2 fully saturated rings. The lowest BCUT2D eigenvalue weighted by Crippen LogP contribution is -2.27. The molecule has 6 rings (SSSR count). The summed E-state index contributed by atoms with van der Waals surface area (Å²) < 4.78 is 17.1. The molecule has 0 spiro atoms. The summed E-state index contributed by atoms with van der Waals surface area (Å²) in [5, 5.41) is 16.9. The molecule has 1 aliphatic carbocycles. The molecule has 3 heterocycles. The van der Waals surface area contributed by atoms with E-state index in [1.54, 1.807) is 16.6 Å². The first kappa shape index (κ1) is 26.7. The highest BCUT2D eigenvalue weighted by atomic mass is 19.1. The third kappa shape index (κ3) is 5.45. The molecule has 1 amide bonds. The van der Waals surface area contributed by atoms with Crippen LogP contribution in [-0.2, 0) is 6.42 Å². The van der Waals surface area contributed by atoms with Crippen LogP contribution in [0.25, 0.3) is 22.5 Å². The van der Waals surface area contributed by atoms with Crippen LogP contribution in [0.15, 0.2) is 60.7 Å². The van der Waals surface area contributed by atoms with E-state index in [-0.39, 0.29) is 17.6 Å². The van der Waals surface area contributed by atoms with Crippen molar-refractivity contribution in [1.82, 2.24) is 19.9 Å². The van der Waals surface area contributed by atoms with Gasteiger partial charge in [0.15, 0.2) is 5.65 Å². The third-order valence-electron chi connectivity index (χ3n) is 8.20. The number of allylic oxidation sites excluding steroid dienone is 2. The van der Waals surface area contributed by atoms with E-state index in [9.17, 15) is 10.1 Å². The molecule has 1 atom stereocenters. The fourth-order valence-corrected chi connectivity index (χ4v) is 5.60. The van der Waals surface area contributed by atoms with Crippen molar-refractivity contribution in [2.75, 3.05) is 24.5 Å². The number of anilines is 1. The summed E-state index contributed by atoms with van der Waals surface area (Å²) >= 11 is 0. The number of rotatable bonds is 8. The van der Waals surface area contributed by atoms with Crippen LogP contribution in [0, 0.1) is 23.1 Å². The zero-order valence-corrected chi connectivity index (χ0v) is 23.4. The van der Waals surface area contributed by atoms with E-state index >= 15 is 4.39 Å².